The molecule has 0 atom stereocenters. The molecule has 0 N–H and O–H groups in total. The van der Waals surface area contributed by atoms with Gasteiger partial charge in [0, 0.05) is 6.07 Å². The highest BCUT2D eigenvalue weighted by Crippen LogP contribution is 2.25. The summed E-state index contributed by atoms with van der Waals surface area (Å²) in [4.78, 5) is 18.6. The predicted molar refractivity (Wildman–Crippen MR) is 106 cm³/mol. The van der Waals surface area contributed by atoms with Gasteiger partial charge in [0.15, 0.2) is 5.65 Å². The topological polar surface area (TPSA) is 83.5 Å². The zero-order valence-electron chi connectivity index (χ0n) is 16.1. The van der Waals surface area contributed by atoms with E-state index in [1.807, 2.05) is 37.3 Å². The third-order valence-corrected chi connectivity index (χ3v) is 4.05. The summed E-state index contributed by atoms with van der Waals surface area (Å²) in [7, 11) is 0. The van der Waals surface area contributed by atoms with Crippen molar-refractivity contribution < 1.29 is 9.53 Å². The molecule has 7 nitrogen and oxygen atoms in total. The number of aromatic nitrogens is 3. The maximum atomic E-state index is 13.0. The van der Waals surface area contributed by atoms with Gasteiger partial charge in [-0.2, -0.15) is 14.9 Å². The molecule has 144 valence electrons. The first-order chi connectivity index (χ1) is 13.2. The molecule has 3 rings (SSSR count). The lowest BCUT2D eigenvalue weighted by atomic mass is 10.1. The van der Waals surface area contributed by atoms with E-state index in [0.29, 0.717) is 5.82 Å². The smallest absolute Gasteiger partial charge is 0.416 e. The Balaban J connectivity index is 2.13. The number of hydrogen-bond donors (Lipinski definition) is 0. The molecular formula is C20H20ClN5O2. The molecule has 0 saturated heterocycles. The van der Waals surface area contributed by atoms with E-state index in [2.05, 4.69) is 10.1 Å². The molecule has 0 radical (unpaired) electrons. The van der Waals surface area contributed by atoms with Crippen LogP contribution < -0.4 is 4.90 Å². The molecule has 0 aliphatic heterocycles. The normalized spacial score (nSPS) is 11.3. The van der Waals surface area contributed by atoms with Crippen LogP contribution in [-0.4, -0.2) is 26.3 Å². The molecular weight excluding hydrogens is 378 g/mol. The van der Waals surface area contributed by atoms with E-state index in [0.717, 1.165) is 11.1 Å². The fourth-order valence-corrected chi connectivity index (χ4v) is 2.92. The highest BCUT2D eigenvalue weighted by molar-refractivity contribution is 6.29. The Labute approximate surface area is 168 Å². The molecule has 0 fully saturated rings. The van der Waals surface area contributed by atoms with Crippen LogP contribution in [-0.2, 0) is 11.3 Å². The third kappa shape index (κ3) is 4.24. The van der Waals surface area contributed by atoms with Crippen LogP contribution in [0.5, 0.6) is 0 Å². The van der Waals surface area contributed by atoms with E-state index in [9.17, 15) is 10.1 Å². The van der Waals surface area contributed by atoms with E-state index in [1.54, 1.807) is 20.8 Å². The second-order valence-corrected chi connectivity index (χ2v) is 7.79. The van der Waals surface area contributed by atoms with Gasteiger partial charge in [0.25, 0.3) is 0 Å². The lowest BCUT2D eigenvalue weighted by Gasteiger charge is -2.27. The molecule has 1 amide bonds. The highest BCUT2D eigenvalue weighted by Gasteiger charge is 2.27. The second kappa shape index (κ2) is 7.49. The van der Waals surface area contributed by atoms with Crippen LogP contribution in [0.2, 0.25) is 5.15 Å². The average Bonchev–Trinajstić information content (AvgIpc) is 3.00. The van der Waals surface area contributed by atoms with E-state index in [4.69, 9.17) is 16.3 Å². The molecule has 28 heavy (non-hydrogen) atoms. The number of amides is 1. The molecule has 0 unspecified atom stereocenters. The summed E-state index contributed by atoms with van der Waals surface area (Å²) in [5, 5.41) is 13.6. The van der Waals surface area contributed by atoms with Gasteiger partial charge in [-0.15, -0.1) is 0 Å². The van der Waals surface area contributed by atoms with Crippen LogP contribution in [0.25, 0.3) is 5.65 Å². The van der Waals surface area contributed by atoms with Gasteiger partial charge >= 0.3 is 6.09 Å². The fraction of sp³-hybridized carbons (Fsp3) is 0.300. The number of ether oxygens (including phenoxy) is 1. The monoisotopic (exact) mass is 397 g/mol. The summed E-state index contributed by atoms with van der Waals surface area (Å²) in [6, 6.07) is 11.4. The number of anilines is 1. The van der Waals surface area contributed by atoms with Crippen LogP contribution in [0.3, 0.4) is 0 Å². The number of rotatable bonds is 3. The quantitative estimate of drug-likeness (QED) is 0.607. The molecule has 0 aliphatic carbocycles. The lowest BCUT2D eigenvalue weighted by Crippen LogP contribution is -2.37. The first-order valence-electron chi connectivity index (χ1n) is 8.68. The number of benzene rings is 1. The highest BCUT2D eigenvalue weighted by atomic mass is 35.5. The van der Waals surface area contributed by atoms with Crippen molar-refractivity contribution in [3.63, 3.8) is 0 Å². The molecule has 3 aromatic rings. The number of aryl methyl sites for hydroxylation is 1. The SMILES string of the molecule is Cc1cccc(CN(C(=O)OC(C)(C)C)c2cc(Cl)nc3c(C#N)cnn23)c1. The van der Waals surface area contributed by atoms with Gasteiger partial charge in [0.1, 0.15) is 28.2 Å². The first-order valence-corrected chi connectivity index (χ1v) is 9.06. The van der Waals surface area contributed by atoms with Crippen LogP contribution in [0.4, 0.5) is 10.6 Å². The zero-order chi connectivity index (χ0) is 20.5. The number of fused-ring (bicyclic) bond motifs is 1. The Morgan fingerprint density at radius 1 is 1.36 bits per heavy atom. The van der Waals surface area contributed by atoms with E-state index < -0.39 is 11.7 Å². The molecule has 2 heterocycles. The minimum Gasteiger partial charge on any atom is -0.443 e. The van der Waals surface area contributed by atoms with Crippen molar-refractivity contribution >= 4 is 29.2 Å². The van der Waals surface area contributed by atoms with Crippen LogP contribution in [0.1, 0.15) is 37.5 Å². The summed E-state index contributed by atoms with van der Waals surface area (Å²) in [5.74, 6) is 0.368. The van der Waals surface area contributed by atoms with Gasteiger partial charge in [-0.1, -0.05) is 41.4 Å². The summed E-state index contributed by atoms with van der Waals surface area (Å²) < 4.78 is 7.02. The Hall–Kier alpha value is -3.11. The maximum absolute atomic E-state index is 13.0. The largest absolute Gasteiger partial charge is 0.443 e. The van der Waals surface area contributed by atoms with Gasteiger partial charge < -0.3 is 4.74 Å². The molecule has 2 aromatic heterocycles. The van der Waals surface area contributed by atoms with E-state index in [1.165, 1.54) is 21.7 Å². The third-order valence-electron chi connectivity index (χ3n) is 3.86. The van der Waals surface area contributed by atoms with Crippen LogP contribution in [0, 0.1) is 18.3 Å². The standard InChI is InChI=1S/C20H20ClN5O2/c1-13-6-5-7-14(8-13)12-25(19(27)28-20(2,3)4)17-9-16(21)24-18-15(10-22)11-23-26(17)18/h5-9,11H,12H2,1-4H3. The molecule has 0 bridgehead atoms. The van der Waals surface area contributed by atoms with Gasteiger partial charge in [-0.3, -0.25) is 4.90 Å². The van der Waals surface area contributed by atoms with Crippen molar-refractivity contribution in [2.75, 3.05) is 4.90 Å². The Morgan fingerprint density at radius 3 is 2.75 bits per heavy atom. The van der Waals surface area contributed by atoms with Crippen LogP contribution >= 0.6 is 11.6 Å². The Kier molecular flexibility index (Phi) is 5.25. The van der Waals surface area contributed by atoms with Crippen molar-refractivity contribution in [1.29, 1.82) is 5.26 Å². The summed E-state index contributed by atoms with van der Waals surface area (Å²) in [5.41, 5.74) is 1.86. The minimum atomic E-state index is -0.681. The number of hydrogen-bond acceptors (Lipinski definition) is 5. The molecule has 8 heteroatoms. The van der Waals surface area contributed by atoms with Crippen molar-refractivity contribution in [2.45, 2.75) is 39.8 Å². The van der Waals surface area contributed by atoms with Gasteiger partial charge in [0.2, 0.25) is 0 Å². The minimum absolute atomic E-state index is 0.150. The van der Waals surface area contributed by atoms with Crippen molar-refractivity contribution in [3.05, 3.63) is 58.4 Å². The molecule has 1 aromatic carbocycles. The maximum Gasteiger partial charge on any atom is 0.416 e. The predicted octanol–water partition coefficient (Wildman–Crippen LogP) is 4.50. The van der Waals surface area contributed by atoms with E-state index in [-0.39, 0.29) is 22.9 Å². The number of carbonyl (C=O) groups excluding carboxylic acids is 1. The molecule has 0 spiro atoms. The van der Waals surface area contributed by atoms with Crippen molar-refractivity contribution in [1.82, 2.24) is 14.6 Å². The first kappa shape index (κ1) is 19.6. The van der Waals surface area contributed by atoms with Crippen molar-refractivity contribution in [3.8, 4) is 6.07 Å². The number of nitriles is 1. The fourth-order valence-electron chi connectivity index (χ4n) is 2.74. The Bertz CT molecular complexity index is 1080. The number of halogens is 1. The van der Waals surface area contributed by atoms with Gasteiger partial charge in [-0.25, -0.2) is 9.78 Å². The number of nitrogens with zero attached hydrogens (tertiary/aromatic N) is 5. The van der Waals surface area contributed by atoms with Gasteiger partial charge in [-0.05, 0) is 33.3 Å². The number of carbonyl (C=O) groups is 1. The van der Waals surface area contributed by atoms with Gasteiger partial charge in [0.05, 0.1) is 12.7 Å². The lowest BCUT2D eigenvalue weighted by molar-refractivity contribution is 0.0575. The summed E-state index contributed by atoms with van der Waals surface area (Å²) in [6.07, 6.45) is 0.842. The zero-order valence-corrected chi connectivity index (χ0v) is 16.9. The second-order valence-electron chi connectivity index (χ2n) is 7.40. The molecule has 0 saturated carbocycles. The van der Waals surface area contributed by atoms with Crippen molar-refractivity contribution in [2.24, 2.45) is 0 Å². The van der Waals surface area contributed by atoms with Crippen LogP contribution in [0.15, 0.2) is 36.5 Å². The van der Waals surface area contributed by atoms with E-state index >= 15 is 0 Å². The molecule has 0 aliphatic rings. The Morgan fingerprint density at radius 2 is 2.11 bits per heavy atom. The summed E-state index contributed by atoms with van der Waals surface area (Å²) >= 11 is 6.18. The average molecular weight is 398 g/mol. The summed E-state index contributed by atoms with van der Waals surface area (Å²) in [6.45, 7) is 7.62.